The van der Waals surface area contributed by atoms with Crippen molar-refractivity contribution in [3.8, 4) is 22.4 Å². The average Bonchev–Trinajstić information content (AvgIpc) is 2.79. The predicted octanol–water partition coefficient (Wildman–Crippen LogP) is 6.04. The molecule has 5 nitrogen and oxygen atoms in total. The van der Waals surface area contributed by atoms with E-state index in [9.17, 15) is 14.9 Å². The van der Waals surface area contributed by atoms with Gasteiger partial charge >= 0.3 is 0 Å². The van der Waals surface area contributed by atoms with E-state index in [0.717, 1.165) is 36.2 Å². The standard InChI is InChI=1S/C25H22N2O3/c1-2-3-17-26-22-12-8-7-11-21(22)25(28)23(24(26)19-9-5-4-6-10-19)18-13-15-20(16-14-18)27(29)30/h4-16H,2-3,17H2,1H3. The van der Waals surface area contributed by atoms with E-state index in [1.54, 1.807) is 12.1 Å². The number of benzene rings is 3. The molecule has 0 aliphatic heterocycles. The van der Waals surface area contributed by atoms with Crippen LogP contribution in [0.3, 0.4) is 0 Å². The maximum atomic E-state index is 13.6. The highest BCUT2D eigenvalue weighted by molar-refractivity contribution is 5.92. The Balaban J connectivity index is 2.11. The number of pyridine rings is 1. The number of aryl methyl sites for hydroxylation is 1. The van der Waals surface area contributed by atoms with Crippen molar-refractivity contribution in [3.63, 3.8) is 0 Å². The maximum Gasteiger partial charge on any atom is 0.269 e. The molecule has 0 amide bonds. The van der Waals surface area contributed by atoms with Gasteiger partial charge in [0.25, 0.3) is 5.69 Å². The van der Waals surface area contributed by atoms with Crippen molar-refractivity contribution in [1.29, 1.82) is 0 Å². The smallest absolute Gasteiger partial charge is 0.269 e. The second-order valence-electron chi connectivity index (χ2n) is 7.25. The Morgan fingerprint density at radius 1 is 0.867 bits per heavy atom. The fourth-order valence-corrected chi connectivity index (χ4v) is 3.86. The van der Waals surface area contributed by atoms with Gasteiger partial charge in [0.2, 0.25) is 0 Å². The molecule has 0 unspecified atom stereocenters. The van der Waals surface area contributed by atoms with E-state index < -0.39 is 4.92 Å². The summed E-state index contributed by atoms with van der Waals surface area (Å²) in [4.78, 5) is 24.3. The molecular weight excluding hydrogens is 376 g/mol. The molecule has 30 heavy (non-hydrogen) atoms. The lowest BCUT2D eigenvalue weighted by atomic mass is 9.95. The second-order valence-corrected chi connectivity index (χ2v) is 7.25. The Bertz CT molecular complexity index is 1260. The van der Waals surface area contributed by atoms with Crippen molar-refractivity contribution in [3.05, 3.63) is 99.2 Å². The van der Waals surface area contributed by atoms with Crippen LogP contribution in [0, 0.1) is 10.1 Å². The first-order chi connectivity index (χ1) is 14.6. The molecule has 4 aromatic rings. The van der Waals surface area contributed by atoms with E-state index >= 15 is 0 Å². The monoisotopic (exact) mass is 398 g/mol. The Labute approximate surface area is 174 Å². The van der Waals surface area contributed by atoms with Gasteiger partial charge in [0.1, 0.15) is 0 Å². The lowest BCUT2D eigenvalue weighted by Gasteiger charge is -2.21. The molecule has 0 atom stereocenters. The molecule has 0 saturated carbocycles. The fourth-order valence-electron chi connectivity index (χ4n) is 3.86. The number of non-ortho nitro benzene ring substituents is 1. The van der Waals surface area contributed by atoms with E-state index in [0.29, 0.717) is 16.5 Å². The number of rotatable bonds is 6. The largest absolute Gasteiger partial charge is 0.340 e. The van der Waals surface area contributed by atoms with Crippen molar-refractivity contribution < 1.29 is 4.92 Å². The van der Waals surface area contributed by atoms with Gasteiger partial charge in [-0.25, -0.2) is 0 Å². The fraction of sp³-hybridized carbons (Fsp3) is 0.160. The maximum absolute atomic E-state index is 13.6. The minimum atomic E-state index is -0.429. The summed E-state index contributed by atoms with van der Waals surface area (Å²) in [6.07, 6.45) is 2.01. The summed E-state index contributed by atoms with van der Waals surface area (Å²) in [5, 5.41) is 11.7. The van der Waals surface area contributed by atoms with Crippen molar-refractivity contribution in [2.24, 2.45) is 0 Å². The third-order valence-corrected chi connectivity index (χ3v) is 5.32. The average molecular weight is 398 g/mol. The number of fused-ring (bicyclic) bond motifs is 1. The molecule has 0 N–H and O–H groups in total. The van der Waals surface area contributed by atoms with Gasteiger partial charge < -0.3 is 4.57 Å². The number of para-hydroxylation sites is 1. The Morgan fingerprint density at radius 3 is 2.20 bits per heavy atom. The van der Waals surface area contributed by atoms with Crippen LogP contribution in [0.25, 0.3) is 33.3 Å². The number of hydrogen-bond acceptors (Lipinski definition) is 3. The molecular formula is C25H22N2O3. The third-order valence-electron chi connectivity index (χ3n) is 5.32. The number of aromatic nitrogens is 1. The van der Waals surface area contributed by atoms with Crippen molar-refractivity contribution in [2.45, 2.75) is 26.3 Å². The highest BCUT2D eigenvalue weighted by Gasteiger charge is 2.20. The number of nitrogens with zero attached hydrogens (tertiary/aromatic N) is 2. The molecule has 0 radical (unpaired) electrons. The topological polar surface area (TPSA) is 65.1 Å². The van der Waals surface area contributed by atoms with E-state index in [2.05, 4.69) is 11.5 Å². The van der Waals surface area contributed by atoms with Gasteiger partial charge in [-0.3, -0.25) is 14.9 Å². The summed E-state index contributed by atoms with van der Waals surface area (Å²) >= 11 is 0. The minimum Gasteiger partial charge on any atom is -0.340 e. The molecule has 0 bridgehead atoms. The Kier molecular flexibility index (Phi) is 5.44. The lowest BCUT2D eigenvalue weighted by Crippen LogP contribution is -2.16. The molecule has 0 fully saturated rings. The van der Waals surface area contributed by atoms with Crippen LogP contribution in [0.4, 0.5) is 5.69 Å². The molecule has 150 valence electrons. The van der Waals surface area contributed by atoms with Crippen LogP contribution in [-0.2, 0) is 6.54 Å². The molecule has 0 aliphatic carbocycles. The second kappa shape index (κ2) is 8.33. The van der Waals surface area contributed by atoms with Gasteiger partial charge in [-0.15, -0.1) is 0 Å². The highest BCUT2D eigenvalue weighted by atomic mass is 16.6. The zero-order valence-corrected chi connectivity index (χ0v) is 16.7. The molecule has 0 spiro atoms. The SMILES string of the molecule is CCCCn1c(-c2ccccc2)c(-c2ccc([N+](=O)[O-])cc2)c(=O)c2ccccc21. The number of nitro groups is 1. The van der Waals surface area contributed by atoms with Crippen molar-refractivity contribution in [2.75, 3.05) is 0 Å². The van der Waals surface area contributed by atoms with Crippen LogP contribution in [0.1, 0.15) is 19.8 Å². The Morgan fingerprint density at radius 2 is 1.53 bits per heavy atom. The summed E-state index contributed by atoms with van der Waals surface area (Å²) in [5.74, 6) is 0. The highest BCUT2D eigenvalue weighted by Crippen LogP contribution is 2.33. The van der Waals surface area contributed by atoms with E-state index in [1.165, 1.54) is 12.1 Å². The third kappa shape index (κ3) is 3.50. The number of hydrogen-bond donors (Lipinski definition) is 0. The van der Waals surface area contributed by atoms with Crippen LogP contribution in [0.2, 0.25) is 0 Å². The van der Waals surface area contributed by atoms with E-state index in [-0.39, 0.29) is 11.1 Å². The van der Waals surface area contributed by atoms with Crippen LogP contribution >= 0.6 is 0 Å². The van der Waals surface area contributed by atoms with Crippen LogP contribution in [0.15, 0.2) is 83.7 Å². The van der Waals surface area contributed by atoms with Crippen LogP contribution in [0.5, 0.6) is 0 Å². The molecule has 0 saturated heterocycles. The van der Waals surface area contributed by atoms with Gasteiger partial charge in [0.15, 0.2) is 5.43 Å². The summed E-state index contributed by atoms with van der Waals surface area (Å²) < 4.78 is 2.21. The summed E-state index contributed by atoms with van der Waals surface area (Å²) in [7, 11) is 0. The van der Waals surface area contributed by atoms with Gasteiger partial charge in [0, 0.05) is 24.1 Å². The molecule has 1 aromatic heterocycles. The normalized spacial score (nSPS) is 11.0. The minimum absolute atomic E-state index is 0.00658. The molecule has 4 rings (SSSR count). The molecule has 1 heterocycles. The quantitative estimate of drug-likeness (QED) is 0.294. The summed E-state index contributed by atoms with van der Waals surface area (Å²) in [6, 6.07) is 23.8. The van der Waals surface area contributed by atoms with E-state index in [4.69, 9.17) is 0 Å². The first kappa shape index (κ1) is 19.6. The van der Waals surface area contributed by atoms with Crippen LogP contribution in [-0.4, -0.2) is 9.49 Å². The van der Waals surface area contributed by atoms with E-state index in [1.807, 2.05) is 54.6 Å². The van der Waals surface area contributed by atoms with Gasteiger partial charge in [-0.05, 0) is 41.8 Å². The van der Waals surface area contributed by atoms with Crippen molar-refractivity contribution >= 4 is 16.6 Å². The van der Waals surface area contributed by atoms with Gasteiger partial charge in [-0.1, -0.05) is 55.8 Å². The van der Waals surface area contributed by atoms with Crippen LogP contribution < -0.4 is 5.43 Å². The van der Waals surface area contributed by atoms with Gasteiger partial charge in [0.05, 0.1) is 21.7 Å². The van der Waals surface area contributed by atoms with Gasteiger partial charge in [-0.2, -0.15) is 0 Å². The zero-order valence-electron chi connectivity index (χ0n) is 16.7. The molecule has 3 aromatic carbocycles. The Hall–Kier alpha value is -3.73. The lowest BCUT2D eigenvalue weighted by molar-refractivity contribution is -0.384. The predicted molar refractivity (Wildman–Crippen MR) is 121 cm³/mol. The number of nitro benzene ring substituents is 1. The molecule has 5 heteroatoms. The first-order valence-corrected chi connectivity index (χ1v) is 10.1. The first-order valence-electron chi connectivity index (χ1n) is 10.1. The number of unbranched alkanes of at least 4 members (excludes halogenated alkanes) is 1. The van der Waals surface area contributed by atoms with Crippen molar-refractivity contribution in [1.82, 2.24) is 4.57 Å². The zero-order chi connectivity index (χ0) is 21.1. The molecule has 0 aliphatic rings. The summed E-state index contributed by atoms with van der Waals surface area (Å²) in [5.41, 5.74) is 3.90. The summed E-state index contributed by atoms with van der Waals surface area (Å²) in [6.45, 7) is 2.92.